The zero-order valence-electron chi connectivity index (χ0n) is 28.2. The second-order valence-electron chi connectivity index (χ2n) is 11.6. The Bertz CT molecular complexity index is 1450. The number of hydrogen-bond acceptors (Lipinski definition) is 14. The Balaban J connectivity index is 1.79. The first-order valence-electron chi connectivity index (χ1n) is 16.3. The van der Waals surface area contributed by atoms with Crippen molar-refractivity contribution in [2.75, 3.05) is 13.2 Å². The van der Waals surface area contributed by atoms with Gasteiger partial charge in [0.1, 0.15) is 24.0 Å². The summed E-state index contributed by atoms with van der Waals surface area (Å²) >= 11 is 0. The van der Waals surface area contributed by atoms with Gasteiger partial charge in [0.2, 0.25) is 18.1 Å². The van der Waals surface area contributed by atoms with Gasteiger partial charge in [0.15, 0.2) is 18.0 Å². The van der Waals surface area contributed by atoms with Crippen LogP contribution in [0.4, 0.5) is 0 Å². The molecule has 1 aromatic carbocycles. The molecule has 1 aliphatic rings. The summed E-state index contributed by atoms with van der Waals surface area (Å²) in [6.45, 7) is 6.49. The van der Waals surface area contributed by atoms with Crippen LogP contribution in [0.1, 0.15) is 92.4 Å². The lowest BCUT2D eigenvalue weighted by atomic mass is 9.98. The van der Waals surface area contributed by atoms with Gasteiger partial charge < -0.3 is 42.7 Å². The van der Waals surface area contributed by atoms with Crippen molar-refractivity contribution >= 4 is 34.8 Å². The molecule has 0 amide bonds. The Labute approximate surface area is 278 Å². The lowest BCUT2D eigenvalue weighted by molar-refractivity contribution is -0.288. The average molecular weight is 679 g/mol. The maximum atomic E-state index is 12.8. The van der Waals surface area contributed by atoms with Crippen LogP contribution < -0.4 is 15.1 Å². The average Bonchev–Trinajstić information content (AvgIpc) is 3.00. The van der Waals surface area contributed by atoms with Gasteiger partial charge in [-0.1, -0.05) is 58.3 Å². The van der Waals surface area contributed by atoms with E-state index in [1.54, 1.807) is 0 Å². The fourth-order valence-corrected chi connectivity index (χ4v) is 5.35. The van der Waals surface area contributed by atoms with E-state index < -0.39 is 72.6 Å². The third-order valence-electron chi connectivity index (χ3n) is 7.51. The van der Waals surface area contributed by atoms with Gasteiger partial charge in [-0.15, -0.1) is 0 Å². The third kappa shape index (κ3) is 11.4. The topological polar surface area (TPSA) is 183 Å². The lowest BCUT2D eigenvalue weighted by Gasteiger charge is -2.43. The summed E-state index contributed by atoms with van der Waals surface area (Å²) in [5.74, 6) is -3.67. The number of benzene rings is 1. The summed E-state index contributed by atoms with van der Waals surface area (Å²) in [6.07, 6.45) is 3.11. The van der Waals surface area contributed by atoms with Crippen molar-refractivity contribution in [3.63, 3.8) is 0 Å². The Kier molecular flexibility index (Phi) is 15.0. The van der Waals surface area contributed by atoms with Crippen molar-refractivity contribution in [2.45, 2.75) is 123 Å². The summed E-state index contributed by atoms with van der Waals surface area (Å²) in [4.78, 5) is 60.4. The summed E-state index contributed by atoms with van der Waals surface area (Å²) in [5.41, 5.74) is -0.934. The molecular formula is C34H46O14. The number of rotatable bonds is 18. The molecule has 14 nitrogen and oxygen atoms in total. The number of aromatic hydroxyl groups is 1. The van der Waals surface area contributed by atoms with E-state index in [2.05, 4.69) is 6.92 Å². The van der Waals surface area contributed by atoms with Gasteiger partial charge in [-0.3, -0.25) is 19.2 Å². The first-order valence-corrected chi connectivity index (χ1v) is 16.3. The van der Waals surface area contributed by atoms with Gasteiger partial charge in [-0.05, 0) is 18.6 Å². The fourth-order valence-electron chi connectivity index (χ4n) is 5.35. The second-order valence-corrected chi connectivity index (χ2v) is 11.6. The minimum atomic E-state index is -1.50. The van der Waals surface area contributed by atoms with Gasteiger partial charge in [0.25, 0.3) is 0 Å². The van der Waals surface area contributed by atoms with Crippen LogP contribution in [0, 0.1) is 0 Å². The molecule has 0 spiro atoms. The summed E-state index contributed by atoms with van der Waals surface area (Å²) in [6, 6.07) is 4.16. The minimum absolute atomic E-state index is 0.0364. The highest BCUT2D eigenvalue weighted by Crippen LogP contribution is 2.35. The van der Waals surface area contributed by atoms with Crippen LogP contribution in [0.15, 0.2) is 27.4 Å². The monoisotopic (exact) mass is 678 g/mol. The van der Waals surface area contributed by atoms with Gasteiger partial charge in [-0.25, -0.2) is 4.79 Å². The quantitative estimate of drug-likeness (QED) is 0.0975. The first kappa shape index (κ1) is 38.1. The van der Waals surface area contributed by atoms with Crippen LogP contribution in [-0.2, 0) is 42.9 Å². The summed E-state index contributed by atoms with van der Waals surface area (Å²) in [7, 11) is 0. The van der Waals surface area contributed by atoms with Crippen LogP contribution in [0.2, 0.25) is 0 Å². The van der Waals surface area contributed by atoms with Crippen LogP contribution >= 0.6 is 0 Å². The molecule has 0 saturated carbocycles. The number of hydrogen-bond donors (Lipinski definition) is 1. The standard InChI is InChI=1S/C34H46O14/c1-6-7-8-9-10-11-12-13-14-17-41-30-28(39)25-16-15-24(18-26(25)47-33(30)40)46-34-32(45-23(5)38)31(44-22(4)37)29(43-21(3)36)27(48-34)19-42-20(2)35/h15-16,18,27,29,31-32,34,39H,6-14,17,19H2,1-5H3/t27-,29-,31+,32-,34-/m1/s1. The van der Waals surface area contributed by atoms with Crippen molar-refractivity contribution in [3.05, 3.63) is 28.6 Å². The molecule has 48 heavy (non-hydrogen) atoms. The smallest absolute Gasteiger partial charge is 0.383 e. The first-order chi connectivity index (χ1) is 22.9. The van der Waals surface area contributed by atoms with E-state index in [1.165, 1.54) is 50.3 Å². The predicted octanol–water partition coefficient (Wildman–Crippen LogP) is 4.87. The molecule has 2 aromatic rings. The molecule has 1 aliphatic heterocycles. The van der Waals surface area contributed by atoms with E-state index >= 15 is 0 Å². The molecule has 14 heteroatoms. The van der Waals surface area contributed by atoms with Crippen molar-refractivity contribution in [1.82, 2.24) is 0 Å². The van der Waals surface area contributed by atoms with Crippen LogP contribution in [0.5, 0.6) is 17.2 Å². The Morgan fingerprint density at radius 3 is 1.96 bits per heavy atom. The van der Waals surface area contributed by atoms with Gasteiger partial charge in [-0.2, -0.15) is 0 Å². The Morgan fingerprint density at radius 1 is 0.771 bits per heavy atom. The number of fused-ring (bicyclic) bond motifs is 1. The molecule has 0 unspecified atom stereocenters. The third-order valence-corrected chi connectivity index (χ3v) is 7.51. The molecule has 266 valence electrons. The highest BCUT2D eigenvalue weighted by atomic mass is 16.7. The second kappa shape index (κ2) is 18.9. The minimum Gasteiger partial charge on any atom is -0.504 e. The molecule has 3 rings (SSSR count). The van der Waals surface area contributed by atoms with E-state index in [0.717, 1.165) is 47.0 Å². The van der Waals surface area contributed by atoms with Crippen LogP contribution in [-0.4, -0.2) is 72.9 Å². The zero-order valence-corrected chi connectivity index (χ0v) is 28.2. The molecule has 1 N–H and O–H groups in total. The van der Waals surface area contributed by atoms with Gasteiger partial charge in [0, 0.05) is 33.8 Å². The summed E-state index contributed by atoms with van der Waals surface area (Å²) in [5, 5.41) is 11.0. The molecule has 1 saturated heterocycles. The Hall–Kier alpha value is -4.33. The largest absolute Gasteiger partial charge is 0.504 e. The molecule has 1 aromatic heterocycles. The number of esters is 4. The van der Waals surface area contributed by atoms with E-state index in [4.69, 9.17) is 37.6 Å². The van der Waals surface area contributed by atoms with Crippen molar-refractivity contribution in [1.29, 1.82) is 0 Å². The molecular weight excluding hydrogens is 632 g/mol. The Morgan fingerprint density at radius 2 is 1.35 bits per heavy atom. The lowest BCUT2D eigenvalue weighted by Crippen LogP contribution is -2.63. The van der Waals surface area contributed by atoms with Gasteiger partial charge in [0.05, 0.1) is 12.0 Å². The van der Waals surface area contributed by atoms with Gasteiger partial charge >= 0.3 is 29.5 Å². The van der Waals surface area contributed by atoms with E-state index in [1.807, 2.05) is 0 Å². The number of ether oxygens (including phenoxy) is 7. The number of carbonyl (C=O) groups is 4. The zero-order chi connectivity index (χ0) is 35.2. The van der Waals surface area contributed by atoms with Crippen molar-refractivity contribution in [3.8, 4) is 17.2 Å². The highest BCUT2D eigenvalue weighted by Gasteiger charge is 2.53. The highest BCUT2D eigenvalue weighted by molar-refractivity contribution is 5.86. The van der Waals surface area contributed by atoms with Crippen molar-refractivity contribution < 1.29 is 61.9 Å². The van der Waals surface area contributed by atoms with Crippen molar-refractivity contribution in [2.24, 2.45) is 0 Å². The predicted molar refractivity (Wildman–Crippen MR) is 169 cm³/mol. The van der Waals surface area contributed by atoms with E-state index in [0.29, 0.717) is 6.42 Å². The van der Waals surface area contributed by atoms with E-state index in [-0.39, 0.29) is 29.1 Å². The number of carbonyl (C=O) groups excluding carboxylic acids is 4. The maximum Gasteiger partial charge on any atom is 0.383 e. The molecule has 2 heterocycles. The number of unbranched alkanes of at least 4 members (excludes halogenated alkanes) is 8. The van der Waals surface area contributed by atoms with E-state index in [9.17, 15) is 29.1 Å². The summed E-state index contributed by atoms with van der Waals surface area (Å²) < 4.78 is 44.2. The molecule has 1 fully saturated rings. The molecule has 0 radical (unpaired) electrons. The SMILES string of the molecule is CCCCCCCCCCCOc1c(O)c2ccc(O[C@@H]3O[C@H](COC(C)=O)[C@@H](OC(C)=O)[C@H](OC(C)=O)[C@H]3OC(C)=O)cc2oc1=O. The normalized spacial score (nSPS) is 20.5. The van der Waals surface area contributed by atoms with Crippen LogP contribution in [0.3, 0.4) is 0 Å². The fraction of sp³-hybridized carbons (Fsp3) is 0.618. The maximum absolute atomic E-state index is 12.8. The molecule has 0 bridgehead atoms. The molecule has 5 atom stereocenters. The molecule has 0 aliphatic carbocycles. The van der Waals surface area contributed by atoms with Crippen LogP contribution in [0.25, 0.3) is 11.0 Å².